The summed E-state index contributed by atoms with van der Waals surface area (Å²) in [5.41, 5.74) is 3.70. The second-order valence-corrected chi connectivity index (χ2v) is 5.20. The van der Waals surface area contributed by atoms with Crippen LogP contribution in [0.15, 0.2) is 48.5 Å². The van der Waals surface area contributed by atoms with Crippen LogP contribution in [0.2, 0.25) is 0 Å². The molecule has 0 saturated carbocycles. The molecular weight excluding hydrogens is 264 g/mol. The highest BCUT2D eigenvalue weighted by Gasteiger charge is 2.10. The molecule has 0 amide bonds. The molecule has 1 N–H and O–H groups in total. The number of non-ortho nitro benzene ring substituents is 1. The summed E-state index contributed by atoms with van der Waals surface area (Å²) >= 11 is 0. The van der Waals surface area contributed by atoms with Crippen molar-refractivity contribution in [3.63, 3.8) is 0 Å². The van der Waals surface area contributed by atoms with Gasteiger partial charge in [-0.15, -0.1) is 0 Å². The summed E-state index contributed by atoms with van der Waals surface area (Å²) in [6.07, 6.45) is 0.950. The normalized spacial score (nSPS) is 12.1. The van der Waals surface area contributed by atoms with E-state index < -0.39 is 0 Å². The second kappa shape index (κ2) is 6.99. The maximum atomic E-state index is 10.8. The quantitative estimate of drug-likeness (QED) is 0.648. The van der Waals surface area contributed by atoms with Crippen LogP contribution in [0.3, 0.4) is 0 Å². The number of hydrogen-bond donors (Lipinski definition) is 1. The molecule has 0 aliphatic heterocycles. The fraction of sp³-hybridized carbons (Fsp3) is 0.294. The van der Waals surface area contributed by atoms with Crippen LogP contribution in [0.5, 0.6) is 0 Å². The fourth-order valence-electron chi connectivity index (χ4n) is 2.34. The topological polar surface area (TPSA) is 55.2 Å². The van der Waals surface area contributed by atoms with E-state index in [1.165, 1.54) is 17.2 Å². The molecule has 0 aliphatic carbocycles. The van der Waals surface area contributed by atoms with E-state index in [-0.39, 0.29) is 16.7 Å². The zero-order chi connectivity index (χ0) is 15.2. The Bertz CT molecular complexity index is 626. The van der Waals surface area contributed by atoms with Crippen LogP contribution in [-0.2, 0) is 6.42 Å². The summed E-state index contributed by atoms with van der Waals surface area (Å²) in [6, 6.07) is 15.2. The summed E-state index contributed by atoms with van der Waals surface area (Å²) in [5.74, 6) is 0. The highest BCUT2D eigenvalue weighted by Crippen LogP contribution is 2.19. The lowest BCUT2D eigenvalue weighted by molar-refractivity contribution is -0.384. The highest BCUT2D eigenvalue weighted by atomic mass is 16.6. The van der Waals surface area contributed by atoms with Gasteiger partial charge in [0.2, 0.25) is 0 Å². The molecule has 0 heterocycles. The molecule has 0 spiro atoms. The second-order valence-electron chi connectivity index (χ2n) is 5.20. The smallest absolute Gasteiger partial charge is 0.269 e. The van der Waals surface area contributed by atoms with Crippen molar-refractivity contribution in [3.8, 4) is 0 Å². The van der Waals surface area contributed by atoms with E-state index in [9.17, 15) is 10.1 Å². The van der Waals surface area contributed by atoms with E-state index in [1.54, 1.807) is 12.1 Å². The average Bonchev–Trinajstić information content (AvgIpc) is 2.49. The predicted molar refractivity (Wildman–Crippen MR) is 84.4 cm³/mol. The Morgan fingerprint density at radius 1 is 1.19 bits per heavy atom. The van der Waals surface area contributed by atoms with Gasteiger partial charge in [-0.2, -0.15) is 0 Å². The summed E-state index contributed by atoms with van der Waals surface area (Å²) in [7, 11) is 0. The van der Waals surface area contributed by atoms with Crippen molar-refractivity contribution in [2.75, 3.05) is 6.54 Å². The Morgan fingerprint density at radius 3 is 2.67 bits per heavy atom. The van der Waals surface area contributed by atoms with Crippen molar-refractivity contribution in [2.24, 2.45) is 0 Å². The first kappa shape index (κ1) is 15.2. The molecule has 0 bridgehead atoms. The van der Waals surface area contributed by atoms with Crippen LogP contribution >= 0.6 is 0 Å². The number of nitrogens with one attached hydrogen (secondary N) is 1. The molecule has 0 aliphatic rings. The molecule has 4 nitrogen and oxygen atoms in total. The lowest BCUT2D eigenvalue weighted by atomic mass is 10.0. The van der Waals surface area contributed by atoms with Crippen LogP contribution in [0.1, 0.15) is 29.7 Å². The summed E-state index contributed by atoms with van der Waals surface area (Å²) in [4.78, 5) is 10.4. The Morgan fingerprint density at radius 2 is 1.95 bits per heavy atom. The molecular formula is C17H20N2O2. The van der Waals surface area contributed by atoms with Gasteiger partial charge < -0.3 is 5.32 Å². The van der Waals surface area contributed by atoms with Crippen molar-refractivity contribution in [1.82, 2.24) is 5.32 Å². The van der Waals surface area contributed by atoms with Gasteiger partial charge in [0.15, 0.2) is 0 Å². The molecule has 1 unspecified atom stereocenters. The molecule has 2 aromatic carbocycles. The van der Waals surface area contributed by atoms with Gasteiger partial charge in [0.25, 0.3) is 5.69 Å². The minimum absolute atomic E-state index is 0.0916. The van der Waals surface area contributed by atoms with Crippen LogP contribution in [0, 0.1) is 17.0 Å². The van der Waals surface area contributed by atoms with Crippen molar-refractivity contribution in [1.29, 1.82) is 0 Å². The molecule has 4 heteroatoms. The monoisotopic (exact) mass is 284 g/mol. The van der Waals surface area contributed by atoms with Crippen molar-refractivity contribution in [2.45, 2.75) is 26.3 Å². The van der Waals surface area contributed by atoms with E-state index in [1.807, 2.05) is 25.1 Å². The van der Waals surface area contributed by atoms with E-state index in [2.05, 4.69) is 24.4 Å². The van der Waals surface area contributed by atoms with Gasteiger partial charge in [-0.1, -0.05) is 36.4 Å². The first-order valence-corrected chi connectivity index (χ1v) is 7.10. The number of nitro groups is 1. The van der Waals surface area contributed by atoms with Crippen LogP contribution in [0.4, 0.5) is 5.69 Å². The van der Waals surface area contributed by atoms with E-state index in [0.29, 0.717) is 0 Å². The first-order chi connectivity index (χ1) is 10.1. The molecule has 1 atom stereocenters. The molecule has 2 rings (SSSR count). The number of nitro benzene ring substituents is 1. The van der Waals surface area contributed by atoms with Gasteiger partial charge in [-0.05, 0) is 43.5 Å². The van der Waals surface area contributed by atoms with Gasteiger partial charge in [-0.3, -0.25) is 10.1 Å². The molecule has 110 valence electrons. The summed E-state index contributed by atoms with van der Waals surface area (Å²) < 4.78 is 0. The number of benzene rings is 2. The lowest BCUT2D eigenvalue weighted by Crippen LogP contribution is -2.21. The zero-order valence-corrected chi connectivity index (χ0v) is 12.4. The van der Waals surface area contributed by atoms with Gasteiger partial charge in [0.1, 0.15) is 0 Å². The molecule has 21 heavy (non-hydrogen) atoms. The molecule has 0 fully saturated rings. The minimum atomic E-state index is -0.358. The lowest BCUT2D eigenvalue weighted by Gasteiger charge is -2.14. The molecule has 0 saturated heterocycles. The maximum absolute atomic E-state index is 10.8. The minimum Gasteiger partial charge on any atom is -0.310 e. The maximum Gasteiger partial charge on any atom is 0.269 e. The van der Waals surface area contributed by atoms with Crippen LogP contribution in [-0.4, -0.2) is 11.5 Å². The van der Waals surface area contributed by atoms with E-state index >= 15 is 0 Å². The average molecular weight is 284 g/mol. The molecule has 0 aromatic heterocycles. The van der Waals surface area contributed by atoms with Gasteiger partial charge in [0, 0.05) is 18.2 Å². The van der Waals surface area contributed by atoms with E-state index in [4.69, 9.17) is 0 Å². The first-order valence-electron chi connectivity index (χ1n) is 7.10. The number of nitrogens with zero attached hydrogens (tertiary/aromatic N) is 1. The third kappa shape index (κ3) is 4.13. The van der Waals surface area contributed by atoms with Crippen LogP contribution in [0.25, 0.3) is 0 Å². The third-order valence-corrected chi connectivity index (χ3v) is 3.69. The standard InChI is InChI=1S/C17H20N2O2/c1-13-6-3-4-7-15(13)10-11-18-14(2)16-8-5-9-17(12-16)19(20)21/h3-9,12,14,18H,10-11H2,1-2H3. The zero-order valence-electron chi connectivity index (χ0n) is 12.4. The van der Waals surface area contributed by atoms with Crippen molar-refractivity contribution >= 4 is 5.69 Å². The third-order valence-electron chi connectivity index (χ3n) is 3.69. The predicted octanol–water partition coefficient (Wildman–Crippen LogP) is 3.80. The van der Waals surface area contributed by atoms with Gasteiger partial charge >= 0.3 is 0 Å². The van der Waals surface area contributed by atoms with Crippen molar-refractivity contribution in [3.05, 3.63) is 75.3 Å². The Labute approximate surface area is 125 Å². The van der Waals surface area contributed by atoms with E-state index in [0.717, 1.165) is 18.5 Å². The number of rotatable bonds is 6. The Hall–Kier alpha value is -2.20. The molecule has 0 radical (unpaired) electrons. The Kier molecular flexibility index (Phi) is 5.06. The molecule has 2 aromatic rings. The fourth-order valence-corrected chi connectivity index (χ4v) is 2.34. The number of aryl methyl sites for hydroxylation is 1. The Balaban J connectivity index is 1.93. The van der Waals surface area contributed by atoms with Gasteiger partial charge in [-0.25, -0.2) is 0 Å². The van der Waals surface area contributed by atoms with Crippen molar-refractivity contribution < 1.29 is 4.92 Å². The van der Waals surface area contributed by atoms with Crippen LogP contribution < -0.4 is 5.32 Å². The SMILES string of the molecule is Cc1ccccc1CCNC(C)c1cccc([N+](=O)[O-])c1. The summed E-state index contributed by atoms with van der Waals surface area (Å²) in [6.45, 7) is 4.98. The number of hydrogen-bond acceptors (Lipinski definition) is 3. The van der Waals surface area contributed by atoms with Gasteiger partial charge in [0.05, 0.1) is 4.92 Å². The highest BCUT2D eigenvalue weighted by molar-refractivity contribution is 5.35. The summed E-state index contributed by atoms with van der Waals surface area (Å²) in [5, 5.41) is 14.2. The largest absolute Gasteiger partial charge is 0.310 e.